The highest BCUT2D eigenvalue weighted by atomic mass is 16.2. The van der Waals surface area contributed by atoms with E-state index in [4.69, 9.17) is 0 Å². The lowest BCUT2D eigenvalue weighted by Crippen LogP contribution is -2.62. The van der Waals surface area contributed by atoms with Crippen molar-refractivity contribution in [2.45, 2.75) is 66.0 Å². The van der Waals surface area contributed by atoms with Gasteiger partial charge in [0.1, 0.15) is 12.1 Å². The molecule has 122 valence electrons. The maximum Gasteiger partial charge on any atom is 0.245 e. The Morgan fingerprint density at radius 1 is 0.905 bits per heavy atom. The van der Waals surface area contributed by atoms with E-state index >= 15 is 0 Å². The normalized spacial score (nSPS) is 25.2. The lowest BCUT2D eigenvalue weighted by Gasteiger charge is -2.43. The monoisotopic (exact) mass is 296 g/mol. The van der Waals surface area contributed by atoms with Crippen molar-refractivity contribution in [2.24, 2.45) is 17.8 Å². The minimum Gasteiger partial charge on any atom is -0.332 e. The molecule has 0 N–H and O–H groups in total. The molecule has 2 amide bonds. The number of amides is 2. The van der Waals surface area contributed by atoms with E-state index in [0.717, 1.165) is 19.3 Å². The summed E-state index contributed by atoms with van der Waals surface area (Å²) in [5.74, 6) is 1.68. The van der Waals surface area contributed by atoms with Gasteiger partial charge in [-0.3, -0.25) is 9.59 Å². The van der Waals surface area contributed by atoms with Gasteiger partial charge in [0.15, 0.2) is 0 Å². The molecule has 0 saturated carbocycles. The van der Waals surface area contributed by atoms with Crippen molar-refractivity contribution < 1.29 is 9.59 Å². The summed E-state index contributed by atoms with van der Waals surface area (Å²) in [4.78, 5) is 28.6. The van der Waals surface area contributed by atoms with Crippen molar-refractivity contribution in [3.8, 4) is 0 Å². The number of nitrogens with zero attached hydrogens (tertiary/aromatic N) is 2. The van der Waals surface area contributed by atoms with Gasteiger partial charge in [-0.25, -0.2) is 0 Å². The molecule has 0 aromatic rings. The largest absolute Gasteiger partial charge is 0.332 e. The van der Waals surface area contributed by atoms with Crippen LogP contribution in [0.1, 0.15) is 53.9 Å². The lowest BCUT2D eigenvalue weighted by atomic mass is 9.88. The number of likely N-dealkylation sites (N-methyl/N-ethyl adjacent to an activating group) is 2. The zero-order valence-electron chi connectivity index (χ0n) is 14.7. The molecule has 0 aliphatic carbocycles. The maximum atomic E-state index is 12.6. The van der Waals surface area contributed by atoms with Crippen molar-refractivity contribution in [2.75, 3.05) is 14.1 Å². The number of piperazine rings is 1. The van der Waals surface area contributed by atoms with E-state index in [1.165, 1.54) is 0 Å². The number of carbonyl (C=O) groups is 2. The Balaban J connectivity index is 2.81. The first-order valence-corrected chi connectivity index (χ1v) is 8.20. The standard InChI is InChI=1S/C17H32N2O2/c1-11(2)8-9-14-16(20)19(7)15(17(21)18(14)6)10-13(5)12(3)4/h11-15H,8-10H2,1-7H3. The summed E-state index contributed by atoms with van der Waals surface area (Å²) in [6.07, 6.45) is 2.48. The molecule has 0 radical (unpaired) electrons. The Bertz CT molecular complexity index is 379. The smallest absolute Gasteiger partial charge is 0.245 e. The molecule has 4 nitrogen and oxygen atoms in total. The molecule has 1 fully saturated rings. The van der Waals surface area contributed by atoms with Crippen LogP contribution in [-0.4, -0.2) is 47.8 Å². The van der Waals surface area contributed by atoms with Crippen molar-refractivity contribution in [3.05, 3.63) is 0 Å². The Kier molecular flexibility index (Phi) is 6.24. The van der Waals surface area contributed by atoms with Crippen molar-refractivity contribution >= 4 is 11.8 Å². The van der Waals surface area contributed by atoms with Crippen molar-refractivity contribution in [1.29, 1.82) is 0 Å². The summed E-state index contributed by atoms with van der Waals surface area (Å²) in [5.41, 5.74) is 0. The predicted octanol–water partition coefficient (Wildman–Crippen LogP) is 2.77. The van der Waals surface area contributed by atoms with Crippen LogP contribution in [0, 0.1) is 17.8 Å². The molecular formula is C17H32N2O2. The van der Waals surface area contributed by atoms with Gasteiger partial charge in [0.25, 0.3) is 0 Å². The number of hydrogen-bond acceptors (Lipinski definition) is 2. The topological polar surface area (TPSA) is 40.6 Å². The molecule has 1 aliphatic heterocycles. The first-order valence-electron chi connectivity index (χ1n) is 8.20. The van der Waals surface area contributed by atoms with Gasteiger partial charge in [-0.05, 0) is 37.0 Å². The van der Waals surface area contributed by atoms with Crippen LogP contribution in [0.3, 0.4) is 0 Å². The molecule has 0 aromatic carbocycles. The molecule has 21 heavy (non-hydrogen) atoms. The van der Waals surface area contributed by atoms with E-state index in [1.54, 1.807) is 23.9 Å². The number of hydrogen-bond donors (Lipinski definition) is 0. The van der Waals surface area contributed by atoms with E-state index in [2.05, 4.69) is 34.6 Å². The predicted molar refractivity (Wildman–Crippen MR) is 85.8 cm³/mol. The van der Waals surface area contributed by atoms with Gasteiger partial charge in [-0.2, -0.15) is 0 Å². The van der Waals surface area contributed by atoms with Gasteiger partial charge in [0.05, 0.1) is 0 Å². The average Bonchev–Trinajstić information content (AvgIpc) is 2.40. The Morgan fingerprint density at radius 2 is 1.38 bits per heavy atom. The van der Waals surface area contributed by atoms with Crippen LogP contribution in [0.4, 0.5) is 0 Å². The van der Waals surface area contributed by atoms with E-state index < -0.39 is 0 Å². The third-order valence-electron chi connectivity index (χ3n) is 4.95. The highest BCUT2D eigenvalue weighted by Crippen LogP contribution is 2.26. The van der Waals surface area contributed by atoms with Crippen molar-refractivity contribution in [1.82, 2.24) is 9.80 Å². The summed E-state index contributed by atoms with van der Waals surface area (Å²) in [6.45, 7) is 10.8. The Labute approximate surface area is 129 Å². The molecule has 1 rings (SSSR count). The zero-order valence-corrected chi connectivity index (χ0v) is 14.7. The van der Waals surface area contributed by atoms with Gasteiger partial charge < -0.3 is 9.80 Å². The average molecular weight is 296 g/mol. The molecule has 1 saturated heterocycles. The summed E-state index contributed by atoms with van der Waals surface area (Å²) in [6, 6.07) is -0.578. The van der Waals surface area contributed by atoms with Crippen LogP contribution in [0.2, 0.25) is 0 Å². The first kappa shape index (κ1) is 18.0. The second-order valence-corrected chi connectivity index (χ2v) is 7.36. The molecule has 0 bridgehead atoms. The van der Waals surface area contributed by atoms with Gasteiger partial charge in [-0.15, -0.1) is 0 Å². The van der Waals surface area contributed by atoms with Gasteiger partial charge in [-0.1, -0.05) is 34.6 Å². The molecule has 0 aromatic heterocycles. The summed E-state index contributed by atoms with van der Waals surface area (Å²) in [7, 11) is 3.57. The van der Waals surface area contributed by atoms with E-state index in [9.17, 15) is 9.59 Å². The highest BCUT2D eigenvalue weighted by Gasteiger charge is 2.42. The number of rotatable bonds is 6. The quantitative estimate of drug-likeness (QED) is 0.756. The van der Waals surface area contributed by atoms with E-state index in [-0.39, 0.29) is 23.9 Å². The minimum atomic E-state index is -0.296. The Hall–Kier alpha value is -1.06. The fourth-order valence-electron chi connectivity index (χ4n) is 2.80. The molecule has 3 atom stereocenters. The zero-order chi connectivity index (χ0) is 16.3. The van der Waals surface area contributed by atoms with Crippen LogP contribution in [0.25, 0.3) is 0 Å². The highest BCUT2D eigenvalue weighted by molar-refractivity contribution is 5.96. The summed E-state index contributed by atoms with van der Waals surface area (Å²) >= 11 is 0. The Morgan fingerprint density at radius 3 is 1.86 bits per heavy atom. The fraction of sp³-hybridized carbons (Fsp3) is 0.882. The third kappa shape index (κ3) is 4.21. The second kappa shape index (κ2) is 7.28. The van der Waals surface area contributed by atoms with Crippen LogP contribution < -0.4 is 0 Å². The maximum absolute atomic E-state index is 12.6. The van der Waals surface area contributed by atoms with Crippen LogP contribution in [-0.2, 0) is 9.59 Å². The molecule has 4 heteroatoms. The second-order valence-electron chi connectivity index (χ2n) is 7.36. The molecule has 1 heterocycles. The van der Waals surface area contributed by atoms with Gasteiger partial charge in [0, 0.05) is 14.1 Å². The fourth-order valence-corrected chi connectivity index (χ4v) is 2.80. The minimum absolute atomic E-state index is 0.0957. The van der Waals surface area contributed by atoms with Crippen LogP contribution in [0.5, 0.6) is 0 Å². The third-order valence-corrected chi connectivity index (χ3v) is 4.95. The molecule has 0 spiro atoms. The van der Waals surface area contributed by atoms with E-state index in [0.29, 0.717) is 17.8 Å². The summed E-state index contributed by atoms with van der Waals surface area (Å²) in [5, 5.41) is 0. The number of carbonyl (C=O) groups excluding carboxylic acids is 2. The molecular weight excluding hydrogens is 264 g/mol. The van der Waals surface area contributed by atoms with Gasteiger partial charge in [0.2, 0.25) is 11.8 Å². The van der Waals surface area contributed by atoms with Crippen LogP contribution >= 0.6 is 0 Å². The summed E-state index contributed by atoms with van der Waals surface area (Å²) < 4.78 is 0. The van der Waals surface area contributed by atoms with Crippen LogP contribution in [0.15, 0.2) is 0 Å². The van der Waals surface area contributed by atoms with Gasteiger partial charge >= 0.3 is 0 Å². The SMILES string of the molecule is CC(C)CCC1C(=O)N(C)C(CC(C)C(C)C)C(=O)N1C. The lowest BCUT2D eigenvalue weighted by molar-refractivity contribution is -0.159. The molecule has 1 aliphatic rings. The molecule has 3 unspecified atom stereocenters. The van der Waals surface area contributed by atoms with Crippen molar-refractivity contribution in [3.63, 3.8) is 0 Å². The van der Waals surface area contributed by atoms with E-state index in [1.807, 2.05) is 0 Å². The first-order chi connectivity index (χ1) is 9.66.